The Hall–Kier alpha value is -2.44. The van der Waals surface area contributed by atoms with Crippen LogP contribution >= 0.6 is 0 Å². The summed E-state index contributed by atoms with van der Waals surface area (Å²) in [6.07, 6.45) is 8.15. The summed E-state index contributed by atoms with van der Waals surface area (Å²) in [6, 6.07) is 4.15. The number of fused-ring (bicyclic) bond motifs is 3. The van der Waals surface area contributed by atoms with Crippen molar-refractivity contribution in [1.29, 1.82) is 5.26 Å². The van der Waals surface area contributed by atoms with Gasteiger partial charge in [-0.25, -0.2) is 18.4 Å². The monoisotopic (exact) mass is 382 g/mol. The molecule has 2 bridgehead atoms. The van der Waals surface area contributed by atoms with Crippen molar-refractivity contribution in [3.05, 3.63) is 24.8 Å². The van der Waals surface area contributed by atoms with Gasteiger partial charge < -0.3 is 9.55 Å². The first-order valence-corrected chi connectivity index (χ1v) is 10.7. The van der Waals surface area contributed by atoms with Crippen LogP contribution in [0.3, 0.4) is 0 Å². The Bertz CT molecular complexity index is 1220. The molecule has 1 aliphatic heterocycles. The SMILES string of the molecule is N#CC1CN(S(=O)(=O)C[C@]23C[C@](n4cnc5cnc6[nH]ccc6c54)(C2)C3)C1. The van der Waals surface area contributed by atoms with Gasteiger partial charge in [-0.15, -0.1) is 0 Å². The summed E-state index contributed by atoms with van der Waals surface area (Å²) in [4.78, 5) is 12.1. The molecule has 0 atom stereocenters. The van der Waals surface area contributed by atoms with E-state index in [1.165, 1.54) is 4.31 Å². The topological polar surface area (TPSA) is 108 Å². The number of nitrogens with zero attached hydrogens (tertiary/aromatic N) is 5. The molecule has 8 nitrogen and oxygen atoms in total. The molecule has 3 aromatic rings. The van der Waals surface area contributed by atoms with E-state index in [2.05, 4.69) is 25.6 Å². The van der Waals surface area contributed by atoms with E-state index in [1.54, 1.807) is 6.20 Å². The summed E-state index contributed by atoms with van der Waals surface area (Å²) >= 11 is 0. The number of hydrogen-bond acceptors (Lipinski definition) is 5. The largest absolute Gasteiger partial charge is 0.346 e. The van der Waals surface area contributed by atoms with E-state index >= 15 is 0 Å². The highest BCUT2D eigenvalue weighted by Gasteiger charge is 2.70. The van der Waals surface area contributed by atoms with Crippen LogP contribution in [0.5, 0.6) is 0 Å². The Balaban J connectivity index is 1.26. The first kappa shape index (κ1) is 15.6. The number of imidazole rings is 1. The molecule has 0 aromatic carbocycles. The number of hydrogen-bond donors (Lipinski definition) is 1. The van der Waals surface area contributed by atoms with Crippen molar-refractivity contribution in [2.24, 2.45) is 11.3 Å². The lowest BCUT2D eigenvalue weighted by atomic mass is 9.40. The van der Waals surface area contributed by atoms with Crippen molar-refractivity contribution in [2.75, 3.05) is 18.8 Å². The number of aromatic amines is 1. The van der Waals surface area contributed by atoms with Gasteiger partial charge in [0.1, 0.15) is 11.2 Å². The van der Waals surface area contributed by atoms with Crippen molar-refractivity contribution >= 4 is 32.1 Å². The molecule has 4 fully saturated rings. The highest BCUT2D eigenvalue weighted by atomic mass is 32.2. The lowest BCUT2D eigenvalue weighted by Crippen LogP contribution is -2.70. The second-order valence-electron chi connectivity index (χ2n) is 8.50. The molecular weight excluding hydrogens is 364 g/mol. The first-order chi connectivity index (χ1) is 12.9. The van der Waals surface area contributed by atoms with Crippen LogP contribution in [-0.4, -0.2) is 51.1 Å². The quantitative estimate of drug-likeness (QED) is 0.737. The van der Waals surface area contributed by atoms with Crippen LogP contribution in [0, 0.1) is 22.7 Å². The van der Waals surface area contributed by atoms with Crippen LogP contribution in [0.4, 0.5) is 0 Å². The molecule has 27 heavy (non-hydrogen) atoms. The van der Waals surface area contributed by atoms with Crippen molar-refractivity contribution in [3.8, 4) is 6.07 Å². The zero-order valence-electron chi connectivity index (χ0n) is 14.6. The molecule has 3 saturated carbocycles. The number of sulfonamides is 1. The Morgan fingerprint density at radius 2 is 2.07 bits per heavy atom. The van der Waals surface area contributed by atoms with Gasteiger partial charge in [-0.2, -0.15) is 9.57 Å². The van der Waals surface area contributed by atoms with Crippen LogP contribution in [0.15, 0.2) is 24.8 Å². The first-order valence-electron chi connectivity index (χ1n) is 9.11. The molecule has 138 valence electrons. The third kappa shape index (κ3) is 1.92. The molecule has 0 amide bonds. The minimum Gasteiger partial charge on any atom is -0.346 e. The van der Waals surface area contributed by atoms with Crippen LogP contribution < -0.4 is 0 Å². The van der Waals surface area contributed by atoms with Crippen molar-refractivity contribution in [2.45, 2.75) is 24.8 Å². The highest BCUT2D eigenvalue weighted by molar-refractivity contribution is 7.89. The van der Waals surface area contributed by atoms with Crippen molar-refractivity contribution in [1.82, 2.24) is 23.8 Å². The third-order valence-electron chi connectivity index (χ3n) is 6.63. The average Bonchev–Trinajstić information content (AvgIpc) is 3.14. The van der Waals surface area contributed by atoms with Crippen molar-refractivity contribution in [3.63, 3.8) is 0 Å². The fourth-order valence-corrected chi connectivity index (χ4v) is 7.52. The van der Waals surface area contributed by atoms with Gasteiger partial charge in [0.2, 0.25) is 10.0 Å². The van der Waals surface area contributed by atoms with Gasteiger partial charge in [-0.1, -0.05) is 0 Å². The van der Waals surface area contributed by atoms with E-state index in [9.17, 15) is 8.42 Å². The number of rotatable bonds is 4. The normalized spacial score (nSPS) is 30.6. The number of nitriles is 1. The molecule has 4 heterocycles. The molecule has 3 aromatic heterocycles. The lowest BCUT2D eigenvalue weighted by Gasteiger charge is -2.71. The molecule has 7 rings (SSSR count). The Labute approximate surface area is 155 Å². The maximum absolute atomic E-state index is 12.6. The van der Waals surface area contributed by atoms with Gasteiger partial charge in [0, 0.05) is 30.2 Å². The fraction of sp³-hybridized carbons (Fsp3) is 0.500. The van der Waals surface area contributed by atoms with Gasteiger partial charge in [0.25, 0.3) is 0 Å². The highest BCUT2D eigenvalue weighted by Crippen LogP contribution is 2.72. The van der Waals surface area contributed by atoms with Gasteiger partial charge in [0.15, 0.2) is 0 Å². The number of pyridine rings is 1. The maximum atomic E-state index is 12.6. The lowest BCUT2D eigenvalue weighted by molar-refractivity contribution is -0.169. The van der Waals surface area contributed by atoms with Gasteiger partial charge in [-0.3, -0.25) is 0 Å². The second kappa shape index (κ2) is 4.69. The maximum Gasteiger partial charge on any atom is 0.214 e. The van der Waals surface area contributed by atoms with Crippen LogP contribution in [-0.2, 0) is 15.6 Å². The Morgan fingerprint density at radius 3 is 2.81 bits per heavy atom. The third-order valence-corrected chi connectivity index (χ3v) is 8.69. The molecule has 0 radical (unpaired) electrons. The van der Waals surface area contributed by atoms with Crippen molar-refractivity contribution < 1.29 is 8.42 Å². The summed E-state index contributed by atoms with van der Waals surface area (Å²) in [6.45, 7) is 0.704. The number of aromatic nitrogens is 4. The summed E-state index contributed by atoms with van der Waals surface area (Å²) in [5, 5.41) is 9.92. The smallest absolute Gasteiger partial charge is 0.214 e. The van der Waals surface area contributed by atoms with Crippen LogP contribution in [0.2, 0.25) is 0 Å². The summed E-state index contributed by atoms with van der Waals surface area (Å²) in [5.41, 5.74) is 2.67. The van der Waals surface area contributed by atoms with E-state index in [-0.39, 0.29) is 22.6 Å². The minimum atomic E-state index is -3.27. The fourth-order valence-electron chi connectivity index (χ4n) is 5.44. The standard InChI is InChI=1S/C18H18N6O2S/c19-3-12-5-23(6-12)27(25,26)10-17-7-18(8-17,9-17)24-11-22-14-4-21-16-13(15(14)24)1-2-20-16/h1-2,4,11-12H,5-10H2,(H,20,21)/t17-,18+. The molecule has 0 spiro atoms. The Kier molecular flexibility index (Phi) is 2.71. The van der Waals surface area contributed by atoms with E-state index in [0.29, 0.717) is 13.1 Å². The molecule has 1 saturated heterocycles. The van der Waals surface area contributed by atoms with Gasteiger partial charge >= 0.3 is 0 Å². The molecule has 3 aliphatic carbocycles. The minimum absolute atomic E-state index is 0.0139. The zero-order valence-corrected chi connectivity index (χ0v) is 15.4. The molecule has 1 N–H and O–H groups in total. The molecular formula is C18H18N6O2S. The molecule has 0 unspecified atom stereocenters. The second-order valence-corrected chi connectivity index (χ2v) is 10.5. The van der Waals surface area contributed by atoms with E-state index in [1.807, 2.05) is 18.6 Å². The summed E-state index contributed by atoms with van der Waals surface area (Å²) < 4.78 is 29.0. The summed E-state index contributed by atoms with van der Waals surface area (Å²) in [7, 11) is -3.27. The van der Waals surface area contributed by atoms with E-state index < -0.39 is 10.0 Å². The van der Waals surface area contributed by atoms with Gasteiger partial charge in [0.05, 0.1) is 35.8 Å². The Morgan fingerprint density at radius 1 is 1.30 bits per heavy atom. The number of H-pyrrole nitrogens is 1. The van der Waals surface area contributed by atoms with Crippen LogP contribution in [0.1, 0.15) is 19.3 Å². The van der Waals surface area contributed by atoms with E-state index in [0.717, 1.165) is 41.3 Å². The van der Waals surface area contributed by atoms with E-state index in [4.69, 9.17) is 5.26 Å². The van der Waals surface area contributed by atoms with Crippen LogP contribution in [0.25, 0.3) is 22.1 Å². The molecule has 9 heteroatoms. The predicted molar refractivity (Wildman–Crippen MR) is 98.1 cm³/mol. The molecule has 4 aliphatic rings. The summed E-state index contributed by atoms with van der Waals surface area (Å²) in [5.74, 6) is 0.0574. The average molecular weight is 382 g/mol. The zero-order chi connectivity index (χ0) is 18.4. The number of nitrogens with one attached hydrogen (secondary N) is 1. The predicted octanol–water partition coefficient (Wildman–Crippen LogP) is 1.58. The van der Waals surface area contributed by atoms with Gasteiger partial charge in [-0.05, 0) is 30.7 Å².